The van der Waals surface area contributed by atoms with Crippen LogP contribution in [0.3, 0.4) is 0 Å². The Morgan fingerprint density at radius 2 is 1.56 bits per heavy atom. The van der Waals surface area contributed by atoms with Crippen LogP contribution in [-0.2, 0) is 0 Å². The average Bonchev–Trinajstić information content (AvgIpc) is 1.14. The van der Waals surface area contributed by atoms with Crippen LogP contribution >= 0.6 is 11.1 Å². The highest BCUT2D eigenvalue weighted by atomic mass is 35.6. The maximum absolute atomic E-state index is 6.00. The van der Waals surface area contributed by atoms with Crippen LogP contribution in [0.15, 0.2) is 0 Å². The third-order valence-corrected chi connectivity index (χ3v) is 6.43. The summed E-state index contributed by atoms with van der Waals surface area (Å²) >= 11 is 6.00. The first-order valence-corrected chi connectivity index (χ1v) is 10.1. The number of nitrogens with two attached hydrogens (primary N) is 1. The summed E-state index contributed by atoms with van der Waals surface area (Å²) in [5, 5.41) is 5.80. The molecule has 0 unspecified atom stereocenters. The van der Waals surface area contributed by atoms with Gasteiger partial charge in [-0.15, -0.1) is 11.1 Å². The smallest absolute Gasteiger partial charge is 0.215 e. The van der Waals surface area contributed by atoms with Gasteiger partial charge in [-0.25, -0.2) is 0 Å². The van der Waals surface area contributed by atoms with E-state index in [1.54, 1.807) is 0 Å². The van der Waals surface area contributed by atoms with Crippen LogP contribution in [0.2, 0.25) is 26.2 Å². The van der Waals surface area contributed by atoms with Crippen molar-refractivity contribution in [1.29, 1.82) is 0 Å². The first kappa shape index (κ1) is 9.64. The summed E-state index contributed by atoms with van der Waals surface area (Å²) in [6, 6.07) is 0. The summed E-state index contributed by atoms with van der Waals surface area (Å²) in [6.45, 7) is 8.17. The van der Waals surface area contributed by atoms with Gasteiger partial charge in [0, 0.05) is 0 Å². The molecule has 0 aromatic rings. The molecule has 0 aromatic carbocycles. The normalized spacial score (nSPS) is 14.0. The van der Waals surface area contributed by atoms with Gasteiger partial charge in [-0.2, -0.15) is 0 Å². The molecule has 3 N–H and O–H groups in total. The molecule has 0 saturated carbocycles. The van der Waals surface area contributed by atoms with Crippen LogP contribution in [-0.4, -0.2) is 15.9 Å². The number of hydrogen-bond acceptors (Lipinski definition) is 2. The molecule has 0 aliphatic heterocycles. The van der Waals surface area contributed by atoms with E-state index >= 15 is 0 Å². The SMILES string of the molecule is C[Si](C)(N)N[Si](C)(C)Cl. The van der Waals surface area contributed by atoms with E-state index in [9.17, 15) is 0 Å². The van der Waals surface area contributed by atoms with Crippen LogP contribution < -0.4 is 10.0 Å². The van der Waals surface area contributed by atoms with Crippen molar-refractivity contribution >= 4 is 27.0 Å². The predicted molar refractivity (Wildman–Crippen MR) is 48.1 cm³/mol. The molecule has 0 amide bonds. The second-order valence-electron chi connectivity index (χ2n) is 3.32. The highest BCUT2D eigenvalue weighted by Crippen LogP contribution is 2.04. The van der Waals surface area contributed by atoms with Crippen molar-refractivity contribution in [3.63, 3.8) is 0 Å². The molecule has 0 aliphatic carbocycles. The maximum atomic E-state index is 6.00. The maximum Gasteiger partial charge on any atom is 0.215 e. The van der Waals surface area contributed by atoms with E-state index in [0.29, 0.717) is 0 Å². The quantitative estimate of drug-likeness (QED) is 0.498. The van der Waals surface area contributed by atoms with Gasteiger partial charge in [0.1, 0.15) is 0 Å². The molecule has 0 fully saturated rings. The molecule has 0 saturated heterocycles. The first-order chi connectivity index (χ1) is 3.71. The third kappa shape index (κ3) is 8.64. The topological polar surface area (TPSA) is 38.0 Å². The monoisotopic (exact) mass is 182 g/mol. The van der Waals surface area contributed by atoms with Crippen molar-refractivity contribution in [3.8, 4) is 0 Å². The lowest BCUT2D eigenvalue weighted by Gasteiger charge is -2.25. The zero-order valence-electron chi connectivity index (χ0n) is 6.46. The molecule has 5 heteroatoms. The van der Waals surface area contributed by atoms with E-state index in [1.807, 2.05) is 26.2 Å². The van der Waals surface area contributed by atoms with E-state index < -0.39 is 15.9 Å². The van der Waals surface area contributed by atoms with Crippen LogP contribution in [0.4, 0.5) is 0 Å². The molecule has 0 rings (SSSR count). The molecule has 56 valence electrons. The summed E-state index contributed by atoms with van der Waals surface area (Å²) < 4.78 is 3.28. The second-order valence-corrected chi connectivity index (χ2v) is 13.5. The molecule has 0 spiro atoms. The average molecular weight is 183 g/mol. The van der Waals surface area contributed by atoms with Gasteiger partial charge in [-0.05, 0) is 26.2 Å². The van der Waals surface area contributed by atoms with Crippen molar-refractivity contribution in [2.45, 2.75) is 26.2 Å². The summed E-state index contributed by atoms with van der Waals surface area (Å²) in [5.74, 6) is 0. The molecular weight excluding hydrogens is 168 g/mol. The van der Waals surface area contributed by atoms with Crippen molar-refractivity contribution in [1.82, 2.24) is 4.65 Å². The molecule has 9 heavy (non-hydrogen) atoms. The fourth-order valence-electron chi connectivity index (χ4n) is 0.766. The Hall–Kier alpha value is 0.644. The minimum Gasteiger partial charge on any atom is -0.340 e. The highest BCUT2D eigenvalue weighted by molar-refractivity contribution is 7.20. The van der Waals surface area contributed by atoms with Crippen LogP contribution in [0.5, 0.6) is 0 Å². The summed E-state index contributed by atoms with van der Waals surface area (Å²) in [7, 11) is -3.25. The van der Waals surface area contributed by atoms with Crippen LogP contribution in [0.1, 0.15) is 0 Å². The number of hydrogen-bond donors (Lipinski definition) is 2. The largest absolute Gasteiger partial charge is 0.340 e. The van der Waals surface area contributed by atoms with Gasteiger partial charge in [0.25, 0.3) is 0 Å². The molecule has 0 aromatic heterocycles. The van der Waals surface area contributed by atoms with Gasteiger partial charge in [-0.3, -0.25) is 0 Å². The number of rotatable bonds is 2. The Bertz CT molecular complexity index is 81.7. The van der Waals surface area contributed by atoms with Crippen molar-refractivity contribution in [2.75, 3.05) is 0 Å². The van der Waals surface area contributed by atoms with Gasteiger partial charge in [0.05, 0.1) is 0 Å². The Morgan fingerprint density at radius 1 is 1.22 bits per heavy atom. The van der Waals surface area contributed by atoms with E-state index in [-0.39, 0.29) is 0 Å². The lowest BCUT2D eigenvalue weighted by atomic mass is 11.9. The first-order valence-electron chi connectivity index (χ1n) is 2.98. The molecule has 2 nitrogen and oxygen atoms in total. The minimum absolute atomic E-state index is 1.61. The van der Waals surface area contributed by atoms with E-state index in [2.05, 4.69) is 4.65 Å². The minimum atomic E-state index is -1.63. The fourth-order valence-corrected chi connectivity index (χ4v) is 9.09. The zero-order valence-corrected chi connectivity index (χ0v) is 9.21. The lowest BCUT2D eigenvalue weighted by Crippen LogP contribution is -2.62. The van der Waals surface area contributed by atoms with Crippen molar-refractivity contribution < 1.29 is 0 Å². The molecule has 0 aliphatic rings. The van der Waals surface area contributed by atoms with E-state index in [4.69, 9.17) is 16.5 Å². The Labute approximate surface area is 63.7 Å². The van der Waals surface area contributed by atoms with E-state index in [0.717, 1.165) is 0 Å². The standard InChI is InChI=1S/C4H15ClN2Si2/c1-8(2,5)7-9(3,4)6/h7H,6H2,1-4H3. The molecule has 0 heterocycles. The van der Waals surface area contributed by atoms with Gasteiger partial charge in [0.15, 0.2) is 8.40 Å². The second kappa shape index (κ2) is 2.71. The molecular formula is C4H15ClN2Si2. The highest BCUT2D eigenvalue weighted by Gasteiger charge is 2.25. The third-order valence-electron chi connectivity index (χ3n) is 0.619. The Kier molecular flexibility index (Phi) is 2.91. The van der Waals surface area contributed by atoms with Gasteiger partial charge >= 0.3 is 0 Å². The van der Waals surface area contributed by atoms with Gasteiger partial charge < -0.3 is 10.0 Å². The van der Waals surface area contributed by atoms with Gasteiger partial charge in [-0.1, -0.05) is 0 Å². The zero-order chi connectivity index (χ0) is 7.71. The van der Waals surface area contributed by atoms with Crippen LogP contribution in [0.25, 0.3) is 0 Å². The summed E-state index contributed by atoms with van der Waals surface area (Å²) in [4.78, 5) is 0. The lowest BCUT2D eigenvalue weighted by molar-refractivity contribution is 1.31. The summed E-state index contributed by atoms with van der Waals surface area (Å²) in [5.41, 5.74) is 0. The fraction of sp³-hybridized carbons (Fsp3) is 1.00. The predicted octanol–water partition coefficient (Wildman–Crippen LogP) is 1.18. The molecule has 0 bridgehead atoms. The van der Waals surface area contributed by atoms with Crippen molar-refractivity contribution in [3.05, 3.63) is 0 Å². The van der Waals surface area contributed by atoms with Gasteiger partial charge in [0.2, 0.25) is 7.55 Å². The van der Waals surface area contributed by atoms with E-state index in [1.165, 1.54) is 0 Å². The van der Waals surface area contributed by atoms with Crippen molar-refractivity contribution in [2.24, 2.45) is 5.40 Å². The number of halogens is 1. The Balaban J connectivity index is 3.75. The molecule has 0 atom stereocenters. The number of nitrogens with one attached hydrogen (secondary N) is 1. The molecule has 0 radical (unpaired) electrons. The summed E-state index contributed by atoms with van der Waals surface area (Å²) in [6.07, 6.45) is 0. The van der Waals surface area contributed by atoms with Crippen LogP contribution in [0, 0.1) is 0 Å². The Morgan fingerprint density at radius 3 is 1.56 bits per heavy atom.